The van der Waals surface area contributed by atoms with E-state index in [0.29, 0.717) is 17.5 Å². The molecule has 6 heteroatoms. The molecule has 0 amide bonds. The SMILES string of the molecule is CCN(CC)[C@@H]1CCN2CCN(S(=O)(=O)c3ccc(C)cc3)[C@H]1C2. The molecular weight excluding hydrogens is 322 g/mol. The molecule has 5 nitrogen and oxygen atoms in total. The summed E-state index contributed by atoms with van der Waals surface area (Å²) in [6.07, 6.45) is 1.05. The minimum atomic E-state index is -3.43. The van der Waals surface area contributed by atoms with E-state index in [1.165, 1.54) is 0 Å². The molecule has 134 valence electrons. The van der Waals surface area contributed by atoms with Gasteiger partial charge >= 0.3 is 0 Å². The van der Waals surface area contributed by atoms with E-state index >= 15 is 0 Å². The summed E-state index contributed by atoms with van der Waals surface area (Å²) in [6.45, 7) is 11.6. The average molecular weight is 352 g/mol. The zero-order valence-electron chi connectivity index (χ0n) is 15.0. The highest BCUT2D eigenvalue weighted by atomic mass is 32.2. The van der Waals surface area contributed by atoms with Crippen molar-refractivity contribution in [2.45, 2.75) is 44.2 Å². The number of benzene rings is 1. The van der Waals surface area contributed by atoms with Gasteiger partial charge in [-0.3, -0.25) is 4.90 Å². The number of aryl methyl sites for hydroxylation is 1. The van der Waals surface area contributed by atoms with E-state index in [2.05, 4.69) is 23.6 Å². The van der Waals surface area contributed by atoms with E-state index in [1.807, 2.05) is 19.1 Å². The molecule has 2 heterocycles. The minimum absolute atomic E-state index is 0.0544. The minimum Gasteiger partial charge on any atom is -0.300 e. The Labute approximate surface area is 146 Å². The summed E-state index contributed by atoms with van der Waals surface area (Å²) in [7, 11) is -3.43. The summed E-state index contributed by atoms with van der Waals surface area (Å²) in [4.78, 5) is 5.25. The smallest absolute Gasteiger partial charge is 0.243 e. The van der Waals surface area contributed by atoms with Crippen LogP contribution < -0.4 is 0 Å². The third kappa shape index (κ3) is 3.25. The van der Waals surface area contributed by atoms with Gasteiger partial charge < -0.3 is 4.90 Å². The molecule has 24 heavy (non-hydrogen) atoms. The molecule has 3 atom stereocenters. The summed E-state index contributed by atoms with van der Waals surface area (Å²) in [6, 6.07) is 7.62. The Bertz CT molecular complexity index is 655. The van der Waals surface area contributed by atoms with Crippen molar-refractivity contribution in [2.75, 3.05) is 39.3 Å². The molecule has 0 aliphatic carbocycles. The lowest BCUT2D eigenvalue weighted by Crippen LogP contribution is -2.66. The Morgan fingerprint density at radius 1 is 1.08 bits per heavy atom. The Balaban J connectivity index is 1.92. The summed E-state index contributed by atoms with van der Waals surface area (Å²) < 4.78 is 28.2. The number of sulfonamides is 1. The summed E-state index contributed by atoms with van der Waals surface area (Å²) >= 11 is 0. The third-order valence-electron chi connectivity index (χ3n) is 5.55. The van der Waals surface area contributed by atoms with Crippen molar-refractivity contribution in [3.05, 3.63) is 29.8 Å². The van der Waals surface area contributed by atoms with Crippen LogP contribution in [0.4, 0.5) is 0 Å². The number of fused-ring (bicyclic) bond motifs is 2. The molecule has 0 radical (unpaired) electrons. The highest BCUT2D eigenvalue weighted by Crippen LogP contribution is 2.29. The van der Waals surface area contributed by atoms with E-state index in [-0.39, 0.29) is 6.04 Å². The van der Waals surface area contributed by atoms with Gasteiger partial charge in [0.15, 0.2) is 0 Å². The lowest BCUT2D eigenvalue weighted by Gasteiger charge is -2.50. The second-order valence-electron chi connectivity index (χ2n) is 6.87. The van der Waals surface area contributed by atoms with Crippen LogP contribution in [0, 0.1) is 6.92 Å². The fraction of sp³-hybridized carbons (Fsp3) is 0.667. The second-order valence-corrected chi connectivity index (χ2v) is 8.76. The van der Waals surface area contributed by atoms with E-state index in [0.717, 1.165) is 44.7 Å². The van der Waals surface area contributed by atoms with Crippen LogP contribution >= 0.6 is 0 Å². The van der Waals surface area contributed by atoms with Gasteiger partial charge in [0.2, 0.25) is 10.0 Å². The van der Waals surface area contributed by atoms with E-state index in [9.17, 15) is 8.42 Å². The molecule has 1 unspecified atom stereocenters. The molecule has 0 saturated carbocycles. The molecule has 0 N–H and O–H groups in total. The monoisotopic (exact) mass is 351 g/mol. The predicted octanol–water partition coefficient (Wildman–Crippen LogP) is 1.78. The lowest BCUT2D eigenvalue weighted by molar-refractivity contribution is 0.0163. The maximum absolute atomic E-state index is 13.2. The standard InChI is InChI=1S/C18H29N3O2S/c1-4-20(5-2)17-10-11-19-12-13-21(18(17)14-19)24(22,23)16-8-6-15(3)7-9-16/h6-9,17-18H,4-5,10-14H2,1-3H3/t17-,18+/m1/s1. The quantitative estimate of drug-likeness (QED) is 0.811. The van der Waals surface area contributed by atoms with Crippen molar-refractivity contribution < 1.29 is 8.42 Å². The van der Waals surface area contributed by atoms with Gasteiger partial charge in [-0.15, -0.1) is 0 Å². The van der Waals surface area contributed by atoms with Crippen molar-refractivity contribution in [2.24, 2.45) is 0 Å². The van der Waals surface area contributed by atoms with Gasteiger partial charge in [0.25, 0.3) is 0 Å². The molecule has 2 saturated heterocycles. The highest BCUT2D eigenvalue weighted by molar-refractivity contribution is 7.89. The van der Waals surface area contributed by atoms with Crippen molar-refractivity contribution in [3.63, 3.8) is 0 Å². The molecule has 2 bridgehead atoms. The van der Waals surface area contributed by atoms with Gasteiger partial charge in [-0.25, -0.2) is 8.42 Å². The Kier molecular flexibility index (Phi) is 5.30. The predicted molar refractivity (Wildman–Crippen MR) is 96.6 cm³/mol. The zero-order valence-corrected chi connectivity index (χ0v) is 15.8. The first-order valence-corrected chi connectivity index (χ1v) is 10.5. The van der Waals surface area contributed by atoms with Crippen LogP contribution in [0.5, 0.6) is 0 Å². The van der Waals surface area contributed by atoms with Crippen molar-refractivity contribution >= 4 is 10.0 Å². The van der Waals surface area contributed by atoms with E-state index in [1.54, 1.807) is 16.4 Å². The fourth-order valence-corrected chi connectivity index (χ4v) is 5.78. The Morgan fingerprint density at radius 3 is 2.38 bits per heavy atom. The average Bonchev–Trinajstić information content (AvgIpc) is 2.58. The number of likely N-dealkylation sites (N-methyl/N-ethyl adjacent to an activating group) is 1. The van der Waals surface area contributed by atoms with Gasteiger partial charge in [-0.05, 0) is 45.1 Å². The second kappa shape index (κ2) is 7.12. The molecule has 0 aromatic heterocycles. The largest absolute Gasteiger partial charge is 0.300 e. The number of piperazine rings is 1. The molecule has 0 spiro atoms. The molecule has 3 rings (SSSR count). The van der Waals surface area contributed by atoms with Crippen LogP contribution in [0.2, 0.25) is 0 Å². The van der Waals surface area contributed by atoms with Crippen LogP contribution in [0.1, 0.15) is 25.8 Å². The van der Waals surface area contributed by atoms with Gasteiger partial charge in [0, 0.05) is 25.7 Å². The van der Waals surface area contributed by atoms with Crippen molar-refractivity contribution in [1.29, 1.82) is 0 Å². The summed E-state index contributed by atoms with van der Waals surface area (Å²) in [5.74, 6) is 0. The van der Waals surface area contributed by atoms with Gasteiger partial charge in [-0.2, -0.15) is 4.31 Å². The van der Waals surface area contributed by atoms with Crippen LogP contribution in [0.25, 0.3) is 0 Å². The summed E-state index contributed by atoms with van der Waals surface area (Å²) in [5.41, 5.74) is 1.08. The van der Waals surface area contributed by atoms with Crippen LogP contribution in [0.3, 0.4) is 0 Å². The Hall–Kier alpha value is -0.950. The number of nitrogens with zero attached hydrogens (tertiary/aromatic N) is 3. The maximum Gasteiger partial charge on any atom is 0.243 e. The van der Waals surface area contributed by atoms with Crippen LogP contribution in [0.15, 0.2) is 29.2 Å². The van der Waals surface area contributed by atoms with E-state index < -0.39 is 10.0 Å². The highest BCUT2D eigenvalue weighted by Gasteiger charge is 2.44. The number of piperidine rings is 1. The van der Waals surface area contributed by atoms with Gasteiger partial charge in [-0.1, -0.05) is 31.5 Å². The van der Waals surface area contributed by atoms with Crippen molar-refractivity contribution in [3.8, 4) is 0 Å². The molecule has 2 aliphatic heterocycles. The number of hydrogen-bond donors (Lipinski definition) is 0. The first kappa shape index (κ1) is 17.9. The molecule has 2 fully saturated rings. The lowest BCUT2D eigenvalue weighted by atomic mass is 9.95. The number of rotatable bonds is 5. The normalized spacial score (nSPS) is 28.2. The Morgan fingerprint density at radius 2 is 1.75 bits per heavy atom. The molecule has 1 aromatic carbocycles. The van der Waals surface area contributed by atoms with Crippen molar-refractivity contribution in [1.82, 2.24) is 14.1 Å². The van der Waals surface area contributed by atoms with Crippen LogP contribution in [-0.4, -0.2) is 73.9 Å². The topological polar surface area (TPSA) is 43.9 Å². The van der Waals surface area contributed by atoms with E-state index in [4.69, 9.17) is 0 Å². The zero-order chi connectivity index (χ0) is 17.3. The maximum atomic E-state index is 13.2. The first-order valence-electron chi connectivity index (χ1n) is 9.02. The fourth-order valence-electron chi connectivity index (χ4n) is 4.14. The molecule has 2 aliphatic rings. The van der Waals surface area contributed by atoms with Gasteiger partial charge in [0.1, 0.15) is 0 Å². The first-order chi connectivity index (χ1) is 11.5. The van der Waals surface area contributed by atoms with Crippen LogP contribution in [-0.2, 0) is 10.0 Å². The molecule has 1 aromatic rings. The third-order valence-corrected chi connectivity index (χ3v) is 7.48. The van der Waals surface area contributed by atoms with Gasteiger partial charge in [0.05, 0.1) is 10.9 Å². The molecular formula is C18H29N3O2S. The number of hydrogen-bond acceptors (Lipinski definition) is 4. The summed E-state index contributed by atoms with van der Waals surface area (Å²) in [5, 5.41) is 0.